The number of anilines is 1. The van der Waals surface area contributed by atoms with Gasteiger partial charge in [0.15, 0.2) is 0 Å². The molecule has 4 aromatic rings. The van der Waals surface area contributed by atoms with Crippen LogP contribution in [0.25, 0.3) is 22.2 Å². The van der Waals surface area contributed by atoms with Gasteiger partial charge in [0.25, 0.3) is 5.91 Å². The number of hydrogen-bond acceptors (Lipinski definition) is 2. The second-order valence-corrected chi connectivity index (χ2v) is 6.52. The van der Waals surface area contributed by atoms with Gasteiger partial charge in [0.2, 0.25) is 5.95 Å². The molecule has 4 rings (SSSR count). The molecule has 0 aliphatic rings. The molecule has 27 heavy (non-hydrogen) atoms. The summed E-state index contributed by atoms with van der Waals surface area (Å²) >= 11 is 6.02. The van der Waals surface area contributed by atoms with E-state index >= 15 is 0 Å². The molecule has 4 nitrogen and oxygen atoms in total. The average molecular weight is 380 g/mol. The van der Waals surface area contributed by atoms with Crippen molar-refractivity contribution in [3.8, 4) is 11.3 Å². The third-order valence-electron chi connectivity index (χ3n) is 4.44. The van der Waals surface area contributed by atoms with Crippen LogP contribution in [0.15, 0.2) is 66.7 Å². The minimum absolute atomic E-state index is 0.125. The molecular weight excluding hydrogens is 365 g/mol. The molecule has 2 heterocycles. The zero-order valence-electron chi connectivity index (χ0n) is 14.4. The lowest BCUT2D eigenvalue weighted by Crippen LogP contribution is -2.14. The highest BCUT2D eigenvalue weighted by Crippen LogP contribution is 2.29. The van der Waals surface area contributed by atoms with Crippen molar-refractivity contribution in [2.24, 2.45) is 7.05 Å². The molecule has 0 atom stereocenters. The maximum Gasteiger partial charge on any atom is 0.258 e. The number of aryl methyl sites for hydroxylation is 1. The number of nitrogens with one attached hydrogen (secondary N) is 1. The zero-order valence-corrected chi connectivity index (χ0v) is 15.2. The van der Waals surface area contributed by atoms with Crippen molar-refractivity contribution in [3.63, 3.8) is 0 Å². The van der Waals surface area contributed by atoms with Crippen molar-refractivity contribution in [2.75, 3.05) is 5.32 Å². The van der Waals surface area contributed by atoms with Gasteiger partial charge in [-0.3, -0.25) is 4.79 Å². The number of aromatic nitrogens is 2. The second kappa shape index (κ2) is 6.85. The zero-order chi connectivity index (χ0) is 19.0. The fraction of sp³-hybridized carbons (Fsp3) is 0.0476. The minimum Gasteiger partial charge on any atom is -0.343 e. The van der Waals surface area contributed by atoms with E-state index in [2.05, 4.69) is 10.3 Å². The Balaban J connectivity index is 1.66. The van der Waals surface area contributed by atoms with Gasteiger partial charge in [-0.2, -0.15) is 4.39 Å². The fourth-order valence-electron chi connectivity index (χ4n) is 3.07. The quantitative estimate of drug-likeness (QED) is 0.492. The van der Waals surface area contributed by atoms with Crippen molar-refractivity contribution >= 4 is 34.2 Å². The summed E-state index contributed by atoms with van der Waals surface area (Å²) in [5.41, 5.74) is 2.39. The molecule has 0 radical (unpaired) electrons. The maximum absolute atomic E-state index is 14.7. The van der Waals surface area contributed by atoms with Crippen molar-refractivity contribution in [1.82, 2.24) is 9.55 Å². The van der Waals surface area contributed by atoms with Gasteiger partial charge in [-0.25, -0.2) is 4.98 Å². The molecule has 1 amide bonds. The van der Waals surface area contributed by atoms with Gasteiger partial charge in [-0.05, 0) is 36.4 Å². The molecule has 6 heteroatoms. The van der Waals surface area contributed by atoms with Crippen LogP contribution in [0.5, 0.6) is 0 Å². The normalized spacial score (nSPS) is 10.9. The first-order valence-corrected chi connectivity index (χ1v) is 8.69. The van der Waals surface area contributed by atoms with Gasteiger partial charge in [0.05, 0.1) is 21.8 Å². The van der Waals surface area contributed by atoms with Gasteiger partial charge in [-0.1, -0.05) is 41.9 Å². The lowest BCUT2D eigenvalue weighted by atomic mass is 10.2. The molecule has 2 aromatic heterocycles. The Kier molecular flexibility index (Phi) is 4.38. The van der Waals surface area contributed by atoms with E-state index in [0.717, 1.165) is 10.9 Å². The van der Waals surface area contributed by atoms with E-state index in [0.29, 0.717) is 21.8 Å². The number of halogens is 2. The Morgan fingerprint density at radius 3 is 2.56 bits per heavy atom. The van der Waals surface area contributed by atoms with Crippen molar-refractivity contribution in [1.29, 1.82) is 0 Å². The molecular formula is C21H15ClFN3O. The number of rotatable bonds is 3. The van der Waals surface area contributed by atoms with Crippen LogP contribution < -0.4 is 5.32 Å². The van der Waals surface area contributed by atoms with Crippen LogP contribution in [-0.4, -0.2) is 15.5 Å². The number of carbonyl (C=O) groups excluding carboxylic acids is 1. The second-order valence-electron chi connectivity index (χ2n) is 6.12. The van der Waals surface area contributed by atoms with Crippen LogP contribution in [0.4, 0.5) is 10.2 Å². The van der Waals surface area contributed by atoms with Crippen molar-refractivity contribution in [3.05, 3.63) is 83.3 Å². The Morgan fingerprint density at radius 2 is 1.81 bits per heavy atom. The molecule has 0 saturated carbocycles. The first-order valence-electron chi connectivity index (χ1n) is 8.32. The summed E-state index contributed by atoms with van der Waals surface area (Å²) in [6.45, 7) is 0. The summed E-state index contributed by atoms with van der Waals surface area (Å²) in [5.74, 6) is -0.970. The highest BCUT2D eigenvalue weighted by atomic mass is 35.5. The van der Waals surface area contributed by atoms with E-state index in [4.69, 9.17) is 11.6 Å². The van der Waals surface area contributed by atoms with Crippen molar-refractivity contribution in [2.45, 2.75) is 0 Å². The minimum atomic E-state index is -0.655. The fourth-order valence-corrected chi connectivity index (χ4v) is 3.29. The standard InChI is InChI=1S/C21H15ClFN3O/c1-26-17-9-5-2-6-13(17)12-18(26)15-10-11-19(24-20(15)23)25-21(27)14-7-3-4-8-16(14)22/h2-12H,1H3,(H,24,25,27). The van der Waals surface area contributed by atoms with Gasteiger partial charge >= 0.3 is 0 Å². The maximum atomic E-state index is 14.7. The van der Waals surface area contributed by atoms with E-state index in [-0.39, 0.29) is 5.82 Å². The van der Waals surface area contributed by atoms with Gasteiger partial charge in [0, 0.05) is 18.0 Å². The molecule has 0 fully saturated rings. The Morgan fingerprint density at radius 1 is 1.07 bits per heavy atom. The Labute approximate surface area is 160 Å². The summed E-state index contributed by atoms with van der Waals surface area (Å²) in [6, 6.07) is 19.6. The first-order chi connectivity index (χ1) is 13.0. The molecule has 2 aromatic carbocycles. The lowest BCUT2D eigenvalue weighted by molar-refractivity contribution is 0.102. The molecule has 0 aliphatic heterocycles. The van der Waals surface area contributed by atoms with Crippen LogP contribution in [0.2, 0.25) is 5.02 Å². The largest absolute Gasteiger partial charge is 0.343 e. The van der Waals surface area contributed by atoms with Crippen molar-refractivity contribution < 1.29 is 9.18 Å². The number of carbonyl (C=O) groups is 1. The summed E-state index contributed by atoms with van der Waals surface area (Å²) in [7, 11) is 1.88. The van der Waals surface area contributed by atoms with Crippen LogP contribution in [0, 0.1) is 5.95 Å². The molecule has 0 unspecified atom stereocenters. The highest BCUT2D eigenvalue weighted by Gasteiger charge is 2.15. The summed E-state index contributed by atoms with van der Waals surface area (Å²) < 4.78 is 16.6. The van der Waals surface area contributed by atoms with Crippen LogP contribution in [0.3, 0.4) is 0 Å². The number of fused-ring (bicyclic) bond motifs is 1. The molecule has 134 valence electrons. The smallest absolute Gasteiger partial charge is 0.258 e. The third-order valence-corrected chi connectivity index (χ3v) is 4.77. The molecule has 0 spiro atoms. The van der Waals surface area contributed by atoms with E-state index in [1.807, 2.05) is 41.9 Å². The van der Waals surface area contributed by atoms with E-state index in [1.54, 1.807) is 36.4 Å². The van der Waals surface area contributed by atoms with Gasteiger partial charge in [-0.15, -0.1) is 0 Å². The van der Waals surface area contributed by atoms with Gasteiger partial charge in [0.1, 0.15) is 5.82 Å². The average Bonchev–Trinajstić information content (AvgIpc) is 2.99. The van der Waals surface area contributed by atoms with Crippen LogP contribution >= 0.6 is 11.6 Å². The number of hydrogen-bond donors (Lipinski definition) is 1. The monoisotopic (exact) mass is 379 g/mol. The molecule has 0 bridgehead atoms. The highest BCUT2D eigenvalue weighted by molar-refractivity contribution is 6.34. The van der Waals surface area contributed by atoms with E-state index in [9.17, 15) is 9.18 Å². The molecule has 0 saturated heterocycles. The number of benzene rings is 2. The number of nitrogens with zero attached hydrogens (tertiary/aromatic N) is 2. The Hall–Kier alpha value is -3.18. The number of para-hydroxylation sites is 1. The van der Waals surface area contributed by atoms with Gasteiger partial charge < -0.3 is 9.88 Å². The van der Waals surface area contributed by atoms with E-state index in [1.165, 1.54) is 0 Å². The summed E-state index contributed by atoms with van der Waals surface area (Å²) in [5, 5.41) is 3.92. The SMILES string of the molecule is Cn1c(-c2ccc(NC(=O)c3ccccc3Cl)nc2F)cc2ccccc21. The third kappa shape index (κ3) is 3.17. The van der Waals surface area contributed by atoms with E-state index < -0.39 is 11.9 Å². The van der Waals surface area contributed by atoms with Crippen LogP contribution in [-0.2, 0) is 7.05 Å². The first kappa shape index (κ1) is 17.2. The predicted octanol–water partition coefficient (Wildman–Crippen LogP) is 5.29. The lowest BCUT2D eigenvalue weighted by Gasteiger charge is -2.09. The molecule has 0 aliphatic carbocycles. The predicted molar refractivity (Wildman–Crippen MR) is 106 cm³/mol. The molecule has 1 N–H and O–H groups in total. The van der Waals surface area contributed by atoms with Crippen LogP contribution in [0.1, 0.15) is 10.4 Å². The number of pyridine rings is 1. The number of amides is 1. The Bertz CT molecular complexity index is 1170. The topological polar surface area (TPSA) is 46.9 Å². The summed E-state index contributed by atoms with van der Waals surface area (Å²) in [6.07, 6.45) is 0. The summed E-state index contributed by atoms with van der Waals surface area (Å²) in [4.78, 5) is 16.2.